The Bertz CT molecular complexity index is 590. The Labute approximate surface area is 132 Å². The molecule has 0 heterocycles. The first-order valence-corrected chi connectivity index (χ1v) is 7.17. The van der Waals surface area contributed by atoms with Crippen molar-refractivity contribution in [1.29, 1.82) is 0 Å². The van der Waals surface area contributed by atoms with E-state index in [9.17, 15) is 4.39 Å². The summed E-state index contributed by atoms with van der Waals surface area (Å²) < 4.78 is 14.3. The number of nitrogens with zero attached hydrogens (tertiary/aromatic N) is 1. The molecule has 0 aliphatic rings. The van der Waals surface area contributed by atoms with Crippen molar-refractivity contribution < 1.29 is 4.39 Å². The van der Waals surface area contributed by atoms with Crippen LogP contribution in [0.3, 0.4) is 0 Å². The van der Waals surface area contributed by atoms with Crippen molar-refractivity contribution >= 4 is 28.6 Å². The molecule has 0 aliphatic heterocycles. The summed E-state index contributed by atoms with van der Waals surface area (Å²) >= 11 is 5.35. The summed E-state index contributed by atoms with van der Waals surface area (Å²) in [5.41, 5.74) is 2.27. The highest BCUT2D eigenvalue weighted by Gasteiger charge is 2.29. The van der Waals surface area contributed by atoms with E-state index in [4.69, 9.17) is 12.2 Å². The molecule has 1 N–H and O–H groups in total. The number of benzene rings is 1. The summed E-state index contributed by atoms with van der Waals surface area (Å²) in [5.74, 6) is -0.328. The van der Waals surface area contributed by atoms with E-state index < -0.39 is 0 Å². The Kier molecular flexibility index (Phi) is 5.29. The zero-order chi connectivity index (χ0) is 16.4. The molecule has 0 fully saturated rings. The second-order valence-corrected chi connectivity index (χ2v) is 6.18. The van der Waals surface area contributed by atoms with E-state index in [1.807, 2.05) is 38.7 Å². The van der Waals surface area contributed by atoms with E-state index in [2.05, 4.69) is 18.5 Å². The van der Waals surface area contributed by atoms with Crippen LogP contribution in [0.2, 0.25) is 0 Å². The van der Waals surface area contributed by atoms with Crippen molar-refractivity contribution in [3.05, 3.63) is 48.3 Å². The van der Waals surface area contributed by atoms with E-state index in [0.29, 0.717) is 21.9 Å². The first-order valence-electron chi connectivity index (χ1n) is 6.76. The van der Waals surface area contributed by atoms with Crippen LogP contribution in [0.25, 0.3) is 5.70 Å². The van der Waals surface area contributed by atoms with Gasteiger partial charge in [0.1, 0.15) is 5.82 Å². The lowest BCUT2D eigenvalue weighted by Gasteiger charge is -2.40. The van der Waals surface area contributed by atoms with Gasteiger partial charge in [0.15, 0.2) is 0 Å². The SMILES string of the molecule is C=C(NC)c1ccc(N(C(C)=S)C(C)(C)C(=C)C)cc1F. The Hall–Kier alpha value is -1.68. The summed E-state index contributed by atoms with van der Waals surface area (Å²) in [4.78, 5) is 2.59. The molecular formula is C17H23FN2S. The van der Waals surface area contributed by atoms with E-state index >= 15 is 0 Å². The third kappa shape index (κ3) is 3.50. The van der Waals surface area contributed by atoms with Gasteiger partial charge in [-0.2, -0.15) is 0 Å². The van der Waals surface area contributed by atoms with Crippen molar-refractivity contribution in [2.24, 2.45) is 0 Å². The number of anilines is 1. The molecule has 21 heavy (non-hydrogen) atoms. The maximum atomic E-state index is 14.3. The molecular weight excluding hydrogens is 283 g/mol. The highest BCUT2D eigenvalue weighted by atomic mass is 32.1. The number of hydrogen-bond acceptors (Lipinski definition) is 2. The molecule has 1 aromatic rings. The van der Waals surface area contributed by atoms with Gasteiger partial charge in [-0.3, -0.25) is 0 Å². The normalized spacial score (nSPS) is 11.0. The van der Waals surface area contributed by atoms with Gasteiger partial charge in [-0.25, -0.2) is 4.39 Å². The maximum Gasteiger partial charge on any atom is 0.134 e. The summed E-state index contributed by atoms with van der Waals surface area (Å²) in [7, 11) is 1.72. The number of thiocarbonyl (C=S) groups is 1. The third-order valence-corrected chi connectivity index (χ3v) is 3.94. The molecule has 2 nitrogen and oxygen atoms in total. The summed E-state index contributed by atoms with van der Waals surface area (Å²) in [6, 6.07) is 5.04. The second-order valence-electron chi connectivity index (χ2n) is 5.59. The van der Waals surface area contributed by atoms with Crippen LogP contribution in [-0.2, 0) is 0 Å². The van der Waals surface area contributed by atoms with Gasteiger partial charge < -0.3 is 10.2 Å². The Morgan fingerprint density at radius 1 is 1.29 bits per heavy atom. The summed E-state index contributed by atoms with van der Waals surface area (Å²) in [5, 5.41) is 2.85. The van der Waals surface area contributed by atoms with E-state index in [1.54, 1.807) is 13.1 Å². The Morgan fingerprint density at radius 3 is 2.24 bits per heavy atom. The van der Waals surface area contributed by atoms with Crippen LogP contribution >= 0.6 is 12.2 Å². The first-order chi connectivity index (χ1) is 9.62. The zero-order valence-electron chi connectivity index (χ0n) is 13.4. The first kappa shape index (κ1) is 17.4. The minimum atomic E-state index is -0.389. The minimum absolute atomic E-state index is 0.328. The lowest BCUT2D eigenvalue weighted by molar-refractivity contribution is 0.597. The monoisotopic (exact) mass is 306 g/mol. The van der Waals surface area contributed by atoms with E-state index in [0.717, 1.165) is 5.57 Å². The van der Waals surface area contributed by atoms with Crippen molar-refractivity contribution in [2.45, 2.75) is 33.2 Å². The van der Waals surface area contributed by atoms with Crippen LogP contribution in [-0.4, -0.2) is 17.6 Å². The van der Waals surface area contributed by atoms with Gasteiger partial charge in [-0.15, -0.1) is 0 Å². The quantitative estimate of drug-likeness (QED) is 0.636. The standard InChI is InChI=1S/C17H23FN2S/c1-11(2)17(5,6)20(13(4)21)14-8-9-15(12(3)19-7)16(18)10-14/h8-10,19H,1,3H2,2,4-7H3. The molecule has 0 amide bonds. The molecule has 0 spiro atoms. The zero-order valence-corrected chi connectivity index (χ0v) is 14.2. The van der Waals surface area contributed by atoms with Gasteiger partial charge >= 0.3 is 0 Å². The van der Waals surface area contributed by atoms with E-state index in [-0.39, 0.29) is 11.4 Å². The molecule has 0 saturated carbocycles. The fraction of sp³-hybridized carbons (Fsp3) is 0.353. The average molecular weight is 306 g/mol. The molecule has 0 aromatic heterocycles. The molecule has 4 heteroatoms. The van der Waals surface area contributed by atoms with Crippen LogP contribution in [0.1, 0.15) is 33.3 Å². The molecule has 0 aliphatic carbocycles. The van der Waals surface area contributed by atoms with Crippen LogP contribution < -0.4 is 10.2 Å². The fourth-order valence-electron chi connectivity index (χ4n) is 2.11. The Morgan fingerprint density at radius 2 is 1.86 bits per heavy atom. The Balaban J connectivity index is 3.36. The topological polar surface area (TPSA) is 15.3 Å². The highest BCUT2D eigenvalue weighted by molar-refractivity contribution is 7.80. The molecule has 0 bridgehead atoms. The lowest BCUT2D eigenvalue weighted by Crippen LogP contribution is -2.47. The third-order valence-electron chi connectivity index (χ3n) is 3.76. The van der Waals surface area contributed by atoms with Crippen LogP contribution in [0.15, 0.2) is 36.9 Å². The largest absolute Gasteiger partial charge is 0.388 e. The molecule has 114 valence electrons. The average Bonchev–Trinajstić information content (AvgIpc) is 2.37. The van der Waals surface area contributed by atoms with Crippen molar-refractivity contribution in [1.82, 2.24) is 5.32 Å². The second kappa shape index (κ2) is 6.39. The highest BCUT2D eigenvalue weighted by Crippen LogP contribution is 2.31. The lowest BCUT2D eigenvalue weighted by atomic mass is 9.93. The van der Waals surface area contributed by atoms with Gasteiger partial charge in [0.2, 0.25) is 0 Å². The predicted octanol–water partition coefficient (Wildman–Crippen LogP) is 4.52. The van der Waals surface area contributed by atoms with Crippen molar-refractivity contribution in [3.8, 4) is 0 Å². The van der Waals surface area contributed by atoms with Crippen molar-refractivity contribution in [3.63, 3.8) is 0 Å². The smallest absolute Gasteiger partial charge is 0.134 e. The van der Waals surface area contributed by atoms with E-state index in [1.165, 1.54) is 6.07 Å². The van der Waals surface area contributed by atoms with Gasteiger partial charge in [0, 0.05) is 24.0 Å². The van der Waals surface area contributed by atoms with Crippen LogP contribution in [0.4, 0.5) is 10.1 Å². The van der Waals surface area contributed by atoms with Crippen molar-refractivity contribution in [2.75, 3.05) is 11.9 Å². The minimum Gasteiger partial charge on any atom is -0.388 e. The van der Waals surface area contributed by atoms with Gasteiger partial charge in [0.25, 0.3) is 0 Å². The molecule has 0 unspecified atom stereocenters. The molecule has 1 aromatic carbocycles. The number of hydrogen-bond donors (Lipinski definition) is 1. The van der Waals surface area contributed by atoms with Gasteiger partial charge in [-0.05, 0) is 45.9 Å². The summed E-state index contributed by atoms with van der Waals surface area (Å²) in [6.07, 6.45) is 0. The molecule has 1 rings (SSSR count). The molecule has 0 atom stereocenters. The number of rotatable bonds is 5. The van der Waals surface area contributed by atoms with Gasteiger partial charge in [-0.1, -0.05) is 30.9 Å². The van der Waals surface area contributed by atoms with Gasteiger partial charge in [0.05, 0.1) is 10.5 Å². The fourth-order valence-corrected chi connectivity index (χ4v) is 2.45. The van der Waals surface area contributed by atoms with Crippen LogP contribution in [0.5, 0.6) is 0 Å². The van der Waals surface area contributed by atoms with Crippen LogP contribution in [0, 0.1) is 5.82 Å². The number of nitrogens with one attached hydrogen (secondary N) is 1. The summed E-state index contributed by atoms with van der Waals surface area (Å²) in [6.45, 7) is 15.6. The number of halogens is 1. The molecule has 0 radical (unpaired) electrons. The maximum absolute atomic E-state index is 14.3. The predicted molar refractivity (Wildman–Crippen MR) is 94.1 cm³/mol. The molecule has 0 saturated heterocycles.